The Balaban J connectivity index is 1.17. The number of anilines is 1. The van der Waals surface area contributed by atoms with Gasteiger partial charge in [0.25, 0.3) is 5.91 Å². The maximum absolute atomic E-state index is 14.5. The van der Waals surface area contributed by atoms with Gasteiger partial charge < -0.3 is 24.8 Å². The van der Waals surface area contributed by atoms with Crippen molar-refractivity contribution < 1.29 is 29.0 Å². The van der Waals surface area contributed by atoms with Gasteiger partial charge in [0.2, 0.25) is 12.0 Å². The number of likely N-dealkylation sites (N-methyl/N-ethyl adjacent to an activating group) is 1. The summed E-state index contributed by atoms with van der Waals surface area (Å²) in [5, 5.41) is 22.0. The lowest BCUT2D eigenvalue weighted by Gasteiger charge is -2.42. The molecule has 7 rings (SSSR count). The highest BCUT2D eigenvalue weighted by Crippen LogP contribution is 2.43. The van der Waals surface area contributed by atoms with E-state index in [2.05, 4.69) is 35.3 Å². The number of carbonyl (C=O) groups is 3. The van der Waals surface area contributed by atoms with Crippen molar-refractivity contribution in [1.29, 1.82) is 5.26 Å². The van der Waals surface area contributed by atoms with E-state index < -0.39 is 24.2 Å². The van der Waals surface area contributed by atoms with Crippen molar-refractivity contribution in [3.05, 3.63) is 149 Å². The van der Waals surface area contributed by atoms with Crippen LogP contribution in [0, 0.1) is 11.3 Å². The van der Waals surface area contributed by atoms with Crippen LogP contribution in [0.2, 0.25) is 0 Å². The van der Waals surface area contributed by atoms with Crippen molar-refractivity contribution in [2.24, 2.45) is 0 Å². The molecule has 0 aromatic heterocycles. The molecule has 0 radical (unpaired) electrons. The van der Waals surface area contributed by atoms with E-state index in [0.717, 1.165) is 39.8 Å². The molecule has 2 aliphatic rings. The predicted octanol–water partition coefficient (Wildman–Crippen LogP) is 6.81. The summed E-state index contributed by atoms with van der Waals surface area (Å²) in [5.74, 6) is -0.422. The summed E-state index contributed by atoms with van der Waals surface area (Å²) >= 11 is 0. The number of nitrogens with one attached hydrogen (secondary N) is 1. The van der Waals surface area contributed by atoms with Crippen LogP contribution in [-0.4, -0.2) is 54.0 Å². The van der Waals surface area contributed by atoms with Crippen LogP contribution < -0.4 is 15.0 Å². The number of methoxy groups -OCH3 is 1. The first kappa shape index (κ1) is 36.9. The van der Waals surface area contributed by atoms with Crippen molar-refractivity contribution in [2.45, 2.75) is 57.0 Å². The monoisotopic (exact) mass is 734 g/mol. The van der Waals surface area contributed by atoms with Gasteiger partial charge in [0.05, 0.1) is 30.5 Å². The molecule has 2 heterocycles. The first-order valence-corrected chi connectivity index (χ1v) is 18.3. The number of phenols is 1. The first-order chi connectivity index (χ1) is 26.7. The van der Waals surface area contributed by atoms with Gasteiger partial charge in [-0.25, -0.2) is 4.79 Å². The highest BCUT2D eigenvalue weighted by molar-refractivity contribution is 6.00. The Labute approximate surface area is 320 Å². The van der Waals surface area contributed by atoms with Crippen molar-refractivity contribution in [3.8, 4) is 28.7 Å². The second-order valence-electron chi connectivity index (χ2n) is 14.0. The lowest BCUT2D eigenvalue weighted by atomic mass is 9.88. The van der Waals surface area contributed by atoms with Crippen molar-refractivity contribution in [3.63, 3.8) is 0 Å². The molecule has 0 fully saturated rings. The number of rotatable bonds is 10. The minimum atomic E-state index is -0.934. The summed E-state index contributed by atoms with van der Waals surface area (Å²) in [6.45, 7) is 2.53. The number of ether oxygens (including phenoxy) is 2. The normalized spacial score (nSPS) is 17.5. The van der Waals surface area contributed by atoms with Gasteiger partial charge in [0.1, 0.15) is 17.5 Å². The van der Waals surface area contributed by atoms with Crippen LogP contribution in [0.1, 0.15) is 58.9 Å². The Bertz CT molecular complexity index is 2230. The second kappa shape index (κ2) is 15.9. The van der Waals surface area contributed by atoms with Gasteiger partial charge in [-0.15, -0.1) is 0 Å². The number of amides is 2. The van der Waals surface area contributed by atoms with Crippen LogP contribution in [0.25, 0.3) is 11.1 Å². The number of hydrogen-bond donors (Lipinski definition) is 2. The lowest BCUT2D eigenvalue weighted by molar-refractivity contribution is -0.146. The first-order valence-electron chi connectivity index (χ1n) is 18.3. The zero-order valence-corrected chi connectivity index (χ0v) is 30.9. The van der Waals surface area contributed by atoms with Crippen molar-refractivity contribution in [1.82, 2.24) is 10.2 Å². The number of fused-ring (bicyclic) bond motifs is 2. The van der Waals surface area contributed by atoms with Gasteiger partial charge in [0, 0.05) is 31.6 Å². The Hall–Kier alpha value is -6.44. The fraction of sp³-hybridized carbons (Fsp3) is 0.244. The highest BCUT2D eigenvalue weighted by atomic mass is 16.5. The Morgan fingerprint density at radius 1 is 0.945 bits per heavy atom. The number of hydrogen-bond acceptors (Lipinski definition) is 8. The molecule has 0 spiro atoms. The fourth-order valence-electron chi connectivity index (χ4n) is 7.63. The van der Waals surface area contributed by atoms with Crippen molar-refractivity contribution in [2.75, 3.05) is 19.1 Å². The second-order valence-corrected chi connectivity index (χ2v) is 14.0. The van der Waals surface area contributed by atoms with Crippen molar-refractivity contribution >= 4 is 23.5 Å². The topological polar surface area (TPSA) is 132 Å². The summed E-state index contributed by atoms with van der Waals surface area (Å²) in [6, 6.07) is 36.0. The van der Waals surface area contributed by atoms with Crippen LogP contribution in [0.15, 0.2) is 115 Å². The molecule has 278 valence electrons. The third-order valence-electron chi connectivity index (χ3n) is 10.6. The van der Waals surface area contributed by atoms with Gasteiger partial charge in [-0.05, 0) is 82.6 Å². The fourth-order valence-corrected chi connectivity index (χ4v) is 7.63. The number of phenolic OH excluding ortho intramolecular Hbond substituents is 1. The molecule has 1 unspecified atom stereocenters. The van der Waals surface area contributed by atoms with Gasteiger partial charge in [-0.1, -0.05) is 85.8 Å². The van der Waals surface area contributed by atoms with E-state index in [1.807, 2.05) is 66.7 Å². The third kappa shape index (κ3) is 7.66. The largest absolute Gasteiger partial charge is 0.508 e. The Kier molecular flexibility index (Phi) is 10.7. The van der Waals surface area contributed by atoms with E-state index in [1.165, 1.54) is 19.2 Å². The molecule has 0 bridgehead atoms. The van der Waals surface area contributed by atoms with E-state index in [-0.39, 0.29) is 30.0 Å². The van der Waals surface area contributed by atoms with E-state index in [0.29, 0.717) is 35.5 Å². The van der Waals surface area contributed by atoms with Crippen LogP contribution in [0.5, 0.6) is 11.5 Å². The Morgan fingerprint density at radius 3 is 2.25 bits per heavy atom. The summed E-state index contributed by atoms with van der Waals surface area (Å²) in [4.78, 5) is 45.0. The average molecular weight is 735 g/mol. The number of carbonyl (C=O) groups excluding carboxylic acids is 3. The maximum Gasteiger partial charge on any atom is 0.328 e. The summed E-state index contributed by atoms with van der Waals surface area (Å²) in [6.07, 6.45) is 0.431. The van der Waals surface area contributed by atoms with Gasteiger partial charge in [-0.2, -0.15) is 5.26 Å². The van der Waals surface area contributed by atoms with Gasteiger partial charge in [-0.3, -0.25) is 14.5 Å². The minimum absolute atomic E-state index is 0.102. The molecule has 2 amide bonds. The quantitative estimate of drug-likeness (QED) is 0.150. The molecule has 5 aromatic carbocycles. The number of esters is 1. The lowest BCUT2D eigenvalue weighted by Crippen LogP contribution is -2.55. The van der Waals surface area contributed by atoms with Crippen LogP contribution >= 0.6 is 0 Å². The highest BCUT2D eigenvalue weighted by Gasteiger charge is 2.40. The molecule has 10 nitrogen and oxygen atoms in total. The van der Waals surface area contributed by atoms with Gasteiger partial charge >= 0.3 is 5.97 Å². The van der Waals surface area contributed by atoms with Gasteiger partial charge in [0.15, 0.2) is 0 Å². The average Bonchev–Trinajstić information content (AvgIpc) is 3.22. The smallest absolute Gasteiger partial charge is 0.328 e. The number of aromatic hydroxyl groups is 1. The van der Waals surface area contributed by atoms with Crippen LogP contribution in [0.3, 0.4) is 0 Å². The molecule has 2 aliphatic heterocycles. The molecule has 0 saturated carbocycles. The standard InChI is InChI=1S/C45H42N4O6/c1-4-38(32-8-6-5-7-9-32)49-27-35-25-41-39(48(2)44(52)42(55-41)33-18-20-36(50)21-19-33)23-34(35)24-40(49)43(51)47-37(45(53)54-3)22-28-10-14-30(15-11-28)31-16-12-29(26-46)13-17-31/h5-21,23,25,37-38,40,42,50H,4,22,24,27H2,1-3H3,(H,47,51)/t37?,38-,40-,42+/m0/s1. The molecule has 5 aromatic rings. The van der Waals surface area contributed by atoms with E-state index in [9.17, 15) is 19.5 Å². The molecule has 10 heteroatoms. The summed E-state index contributed by atoms with van der Waals surface area (Å²) in [7, 11) is 3.03. The zero-order valence-electron chi connectivity index (χ0n) is 30.9. The molecule has 55 heavy (non-hydrogen) atoms. The van der Waals surface area contributed by atoms with E-state index in [1.54, 1.807) is 36.2 Å². The molecule has 4 atom stereocenters. The van der Waals surface area contributed by atoms with E-state index in [4.69, 9.17) is 14.7 Å². The van der Waals surface area contributed by atoms with E-state index >= 15 is 0 Å². The summed E-state index contributed by atoms with van der Waals surface area (Å²) in [5.41, 5.74) is 7.57. The molecule has 0 saturated heterocycles. The number of nitrogens with zero attached hydrogens (tertiary/aromatic N) is 3. The van der Waals surface area contributed by atoms with Crippen LogP contribution in [0.4, 0.5) is 5.69 Å². The molecule has 2 N–H and O–H groups in total. The zero-order chi connectivity index (χ0) is 38.6. The molecule has 0 aliphatic carbocycles. The molecular formula is C45H42N4O6. The minimum Gasteiger partial charge on any atom is -0.508 e. The number of benzene rings is 5. The molecular weight excluding hydrogens is 693 g/mol. The predicted molar refractivity (Wildman–Crippen MR) is 208 cm³/mol. The SMILES string of the molecule is CC[C@@H](c1ccccc1)N1Cc2cc3c(cc2C[C@H]1C(=O)NC(Cc1ccc(-c2ccc(C#N)cc2)cc1)C(=O)OC)N(C)C(=O)[C@@H](c1ccc(O)cc1)O3. The third-order valence-corrected chi connectivity index (χ3v) is 10.6. The maximum atomic E-state index is 14.5. The number of nitriles is 1. The Morgan fingerprint density at radius 2 is 1.62 bits per heavy atom. The summed E-state index contributed by atoms with van der Waals surface area (Å²) < 4.78 is 11.5. The van der Waals surface area contributed by atoms with Crippen LogP contribution in [-0.2, 0) is 38.5 Å².